The average molecular weight is 354 g/mol. The van der Waals surface area contributed by atoms with Gasteiger partial charge in [0.1, 0.15) is 11.5 Å². The van der Waals surface area contributed by atoms with Crippen LogP contribution in [0.1, 0.15) is 37.3 Å². The lowest BCUT2D eigenvalue weighted by molar-refractivity contribution is -0.123. The lowest BCUT2D eigenvalue weighted by Crippen LogP contribution is -2.24. The largest absolute Gasteiger partial charge is 0.494 e. The molecule has 5 nitrogen and oxygen atoms in total. The molecule has 0 heterocycles. The molecule has 0 aromatic heterocycles. The van der Waals surface area contributed by atoms with Gasteiger partial charge in [-0.3, -0.25) is 4.79 Å². The Morgan fingerprint density at radius 2 is 1.88 bits per heavy atom. The van der Waals surface area contributed by atoms with E-state index in [1.807, 2.05) is 55.5 Å². The molecule has 1 N–H and O–H groups in total. The van der Waals surface area contributed by atoms with Gasteiger partial charge in [-0.25, -0.2) is 5.43 Å². The van der Waals surface area contributed by atoms with Crippen LogP contribution in [0.5, 0.6) is 11.5 Å². The fourth-order valence-corrected chi connectivity index (χ4v) is 2.26. The Bertz CT molecular complexity index is 711. The smallest absolute Gasteiger partial charge is 0.277 e. The summed E-state index contributed by atoms with van der Waals surface area (Å²) in [7, 11) is 0. The number of nitrogens with one attached hydrogen (secondary N) is 1. The number of amides is 1. The summed E-state index contributed by atoms with van der Waals surface area (Å²) >= 11 is 0. The van der Waals surface area contributed by atoms with Crippen LogP contribution in [-0.2, 0) is 4.79 Å². The van der Waals surface area contributed by atoms with Crippen molar-refractivity contribution in [3.05, 3.63) is 59.7 Å². The first kappa shape index (κ1) is 19.5. The molecule has 0 aliphatic carbocycles. The Hall–Kier alpha value is -2.82. The maximum Gasteiger partial charge on any atom is 0.277 e. The number of aryl methyl sites for hydroxylation is 1. The van der Waals surface area contributed by atoms with Crippen LogP contribution >= 0.6 is 0 Å². The summed E-state index contributed by atoms with van der Waals surface area (Å²) in [6, 6.07) is 15.1. The molecule has 26 heavy (non-hydrogen) atoms. The van der Waals surface area contributed by atoms with E-state index >= 15 is 0 Å². The lowest BCUT2D eigenvalue weighted by Gasteiger charge is -2.06. The van der Waals surface area contributed by atoms with Crippen LogP contribution in [0, 0.1) is 6.92 Å². The minimum atomic E-state index is -0.307. The summed E-state index contributed by atoms with van der Waals surface area (Å²) in [4.78, 5) is 11.7. The van der Waals surface area contributed by atoms with Gasteiger partial charge < -0.3 is 9.47 Å². The zero-order valence-electron chi connectivity index (χ0n) is 15.4. The molecule has 0 aliphatic heterocycles. The van der Waals surface area contributed by atoms with Crippen LogP contribution in [0.3, 0.4) is 0 Å². The van der Waals surface area contributed by atoms with E-state index in [1.165, 1.54) is 12.8 Å². The van der Waals surface area contributed by atoms with E-state index in [-0.39, 0.29) is 12.5 Å². The Labute approximate surface area is 155 Å². The Morgan fingerprint density at radius 1 is 1.08 bits per heavy atom. The molecule has 0 atom stereocenters. The van der Waals surface area contributed by atoms with Gasteiger partial charge in [-0.15, -0.1) is 0 Å². The second-order valence-electron chi connectivity index (χ2n) is 6.02. The molecule has 0 bridgehead atoms. The molecule has 0 aliphatic rings. The number of carbonyl (C=O) groups is 1. The molecule has 0 unspecified atom stereocenters. The predicted octanol–water partition coefficient (Wildman–Crippen LogP) is 4.09. The van der Waals surface area contributed by atoms with Gasteiger partial charge in [-0.1, -0.05) is 31.9 Å². The van der Waals surface area contributed by atoms with Gasteiger partial charge in [0.2, 0.25) is 0 Å². The van der Waals surface area contributed by atoms with Crippen molar-refractivity contribution in [3.8, 4) is 11.5 Å². The summed E-state index contributed by atoms with van der Waals surface area (Å²) in [6.07, 6.45) is 5.01. The summed E-state index contributed by atoms with van der Waals surface area (Å²) < 4.78 is 11.1. The third kappa shape index (κ3) is 7.38. The first-order valence-corrected chi connectivity index (χ1v) is 8.91. The predicted molar refractivity (Wildman–Crippen MR) is 104 cm³/mol. The van der Waals surface area contributed by atoms with Crippen molar-refractivity contribution in [2.45, 2.75) is 33.1 Å². The van der Waals surface area contributed by atoms with Gasteiger partial charge in [0, 0.05) is 0 Å². The number of nitrogens with zero attached hydrogens (tertiary/aromatic N) is 1. The molecule has 2 aromatic carbocycles. The second kappa shape index (κ2) is 10.9. The Morgan fingerprint density at radius 3 is 2.62 bits per heavy atom. The molecular formula is C21H26N2O3. The molecule has 0 saturated carbocycles. The lowest BCUT2D eigenvalue weighted by atomic mass is 10.2. The molecule has 1 amide bonds. The van der Waals surface area contributed by atoms with Crippen molar-refractivity contribution >= 4 is 12.1 Å². The topological polar surface area (TPSA) is 59.9 Å². The van der Waals surface area contributed by atoms with Crippen molar-refractivity contribution in [3.63, 3.8) is 0 Å². The molecule has 0 fully saturated rings. The first-order valence-electron chi connectivity index (χ1n) is 8.91. The number of unbranched alkanes of at least 4 members (excludes halogenated alkanes) is 2. The van der Waals surface area contributed by atoms with Crippen LogP contribution in [0.15, 0.2) is 53.6 Å². The van der Waals surface area contributed by atoms with Gasteiger partial charge >= 0.3 is 0 Å². The highest BCUT2D eigenvalue weighted by atomic mass is 16.5. The number of carbonyl (C=O) groups excluding carboxylic acids is 1. The number of benzene rings is 2. The van der Waals surface area contributed by atoms with E-state index in [2.05, 4.69) is 17.5 Å². The average Bonchev–Trinajstić information content (AvgIpc) is 2.65. The van der Waals surface area contributed by atoms with E-state index in [9.17, 15) is 4.79 Å². The number of rotatable bonds is 10. The monoisotopic (exact) mass is 354 g/mol. The molecular weight excluding hydrogens is 328 g/mol. The van der Waals surface area contributed by atoms with Crippen LogP contribution in [0.2, 0.25) is 0 Å². The molecule has 5 heteroatoms. The maximum absolute atomic E-state index is 11.7. The molecule has 0 spiro atoms. The van der Waals surface area contributed by atoms with Gasteiger partial charge in [0.25, 0.3) is 5.91 Å². The highest BCUT2D eigenvalue weighted by Gasteiger charge is 2.01. The second-order valence-corrected chi connectivity index (χ2v) is 6.02. The van der Waals surface area contributed by atoms with Gasteiger partial charge in [0.15, 0.2) is 6.61 Å². The minimum Gasteiger partial charge on any atom is -0.494 e. The SMILES string of the molecule is CCCCCOc1ccc(/C=N/NC(=O)COc2cccc(C)c2)cc1. The Kier molecular flexibility index (Phi) is 8.19. The van der Waals surface area contributed by atoms with E-state index in [4.69, 9.17) is 9.47 Å². The number of hydrogen-bond acceptors (Lipinski definition) is 4. The van der Waals surface area contributed by atoms with E-state index in [1.54, 1.807) is 6.21 Å². The number of hydrogen-bond donors (Lipinski definition) is 1. The third-order valence-corrected chi connectivity index (χ3v) is 3.66. The van der Waals surface area contributed by atoms with Crippen molar-refractivity contribution in [2.24, 2.45) is 5.10 Å². The fraction of sp³-hybridized carbons (Fsp3) is 0.333. The van der Waals surface area contributed by atoms with E-state index < -0.39 is 0 Å². The zero-order chi connectivity index (χ0) is 18.6. The van der Waals surface area contributed by atoms with Crippen LogP contribution in [-0.4, -0.2) is 25.3 Å². The maximum atomic E-state index is 11.7. The van der Waals surface area contributed by atoms with E-state index in [0.29, 0.717) is 5.75 Å². The standard InChI is InChI=1S/C21H26N2O3/c1-3-4-5-13-25-19-11-9-18(10-12-19)15-22-23-21(24)16-26-20-8-6-7-17(2)14-20/h6-12,14-15H,3-5,13,16H2,1-2H3,(H,23,24)/b22-15+. The zero-order valence-corrected chi connectivity index (χ0v) is 15.4. The highest BCUT2D eigenvalue weighted by molar-refractivity contribution is 5.83. The van der Waals surface area contributed by atoms with Gasteiger partial charge in [-0.05, 0) is 60.9 Å². The third-order valence-electron chi connectivity index (χ3n) is 3.66. The fourth-order valence-electron chi connectivity index (χ4n) is 2.26. The van der Waals surface area contributed by atoms with Crippen LogP contribution in [0.4, 0.5) is 0 Å². The normalized spacial score (nSPS) is 10.7. The summed E-state index contributed by atoms with van der Waals surface area (Å²) in [5, 5.41) is 3.94. The van der Waals surface area contributed by atoms with E-state index in [0.717, 1.165) is 29.9 Å². The van der Waals surface area contributed by atoms with Crippen molar-refractivity contribution in [1.82, 2.24) is 5.43 Å². The summed E-state index contributed by atoms with van der Waals surface area (Å²) in [5.41, 5.74) is 4.42. The number of ether oxygens (including phenoxy) is 2. The van der Waals surface area contributed by atoms with Crippen LogP contribution in [0.25, 0.3) is 0 Å². The first-order chi connectivity index (χ1) is 12.7. The molecule has 138 valence electrons. The summed E-state index contributed by atoms with van der Waals surface area (Å²) in [6.45, 7) is 4.80. The van der Waals surface area contributed by atoms with Crippen molar-refractivity contribution in [1.29, 1.82) is 0 Å². The molecule has 2 aromatic rings. The van der Waals surface area contributed by atoms with Crippen molar-refractivity contribution in [2.75, 3.05) is 13.2 Å². The highest BCUT2D eigenvalue weighted by Crippen LogP contribution is 2.12. The minimum absolute atomic E-state index is 0.0780. The van der Waals surface area contributed by atoms with Crippen molar-refractivity contribution < 1.29 is 14.3 Å². The molecule has 0 radical (unpaired) electrons. The molecule has 0 saturated heterocycles. The summed E-state index contributed by atoms with van der Waals surface area (Å²) in [5.74, 6) is 1.20. The van der Waals surface area contributed by atoms with Gasteiger partial charge in [-0.2, -0.15) is 5.10 Å². The quantitative estimate of drug-likeness (QED) is 0.397. The van der Waals surface area contributed by atoms with Gasteiger partial charge in [0.05, 0.1) is 12.8 Å². The van der Waals surface area contributed by atoms with Crippen LogP contribution < -0.4 is 14.9 Å². The Balaban J connectivity index is 1.71. The molecule has 2 rings (SSSR count). The number of hydrazone groups is 1.